The van der Waals surface area contributed by atoms with E-state index in [1.165, 1.54) is 11.3 Å². The van der Waals surface area contributed by atoms with Crippen LogP contribution in [0.3, 0.4) is 0 Å². The average Bonchev–Trinajstić information content (AvgIpc) is 3.40. The quantitative estimate of drug-likeness (QED) is 0.420. The minimum atomic E-state index is -1.79. The van der Waals surface area contributed by atoms with Crippen LogP contribution in [-0.4, -0.2) is 52.8 Å². The van der Waals surface area contributed by atoms with Crippen molar-refractivity contribution in [2.24, 2.45) is 0 Å². The van der Waals surface area contributed by atoms with E-state index < -0.39 is 28.4 Å². The van der Waals surface area contributed by atoms with Gasteiger partial charge in [0.1, 0.15) is 18.1 Å². The van der Waals surface area contributed by atoms with E-state index in [1.807, 2.05) is 36.4 Å². The van der Waals surface area contributed by atoms with Gasteiger partial charge in [-0.25, -0.2) is 0 Å². The van der Waals surface area contributed by atoms with Crippen LogP contribution in [0.4, 0.5) is 11.4 Å². The van der Waals surface area contributed by atoms with Crippen molar-refractivity contribution in [2.75, 3.05) is 35.1 Å². The van der Waals surface area contributed by atoms with Crippen LogP contribution in [0.1, 0.15) is 32.1 Å². The molecule has 1 saturated carbocycles. The molecule has 3 aromatic rings. The Morgan fingerprint density at radius 1 is 0.872 bits per heavy atom. The first kappa shape index (κ1) is 26.7. The van der Waals surface area contributed by atoms with E-state index in [1.54, 1.807) is 24.3 Å². The molecule has 1 fully saturated rings. The maximum atomic E-state index is 13.5. The van der Waals surface area contributed by atoms with Crippen LogP contribution < -0.4 is 25.0 Å². The Balaban J connectivity index is 1.27. The monoisotopic (exact) mass is 549 g/mol. The zero-order valence-corrected chi connectivity index (χ0v) is 22.3. The lowest BCUT2D eigenvalue weighted by Crippen LogP contribution is -2.46. The number of ether oxygens (including phenoxy) is 2. The topological polar surface area (TPSA) is 114 Å². The second-order valence-corrected chi connectivity index (χ2v) is 11.2. The number of nitrogens with zero attached hydrogens (tertiary/aromatic N) is 1. The van der Waals surface area contributed by atoms with Gasteiger partial charge in [0.2, 0.25) is 24.5 Å². The van der Waals surface area contributed by atoms with Crippen molar-refractivity contribution in [3.63, 3.8) is 0 Å². The Kier molecular flexibility index (Phi) is 8.41. The van der Waals surface area contributed by atoms with Crippen molar-refractivity contribution in [1.82, 2.24) is 5.32 Å². The Morgan fingerprint density at radius 2 is 1.64 bits per heavy atom. The molecule has 0 unspecified atom stereocenters. The van der Waals surface area contributed by atoms with E-state index >= 15 is 0 Å². The molecule has 3 aromatic carbocycles. The Bertz CT molecular complexity index is 1400. The largest absolute Gasteiger partial charge is 0.454 e. The van der Waals surface area contributed by atoms with Gasteiger partial charge in [-0.1, -0.05) is 55.7 Å². The summed E-state index contributed by atoms with van der Waals surface area (Å²) in [6.07, 6.45) is 5.17. The summed E-state index contributed by atoms with van der Waals surface area (Å²) in [6.45, 7) is -0.0747. The van der Waals surface area contributed by atoms with Crippen molar-refractivity contribution >= 4 is 50.7 Å². The highest BCUT2D eigenvalue weighted by Crippen LogP contribution is 2.34. The lowest BCUT2D eigenvalue weighted by atomic mass is 9.95. The molecule has 1 aliphatic heterocycles. The number of hydrogen-bond donors (Lipinski definition) is 2. The van der Waals surface area contributed by atoms with Gasteiger partial charge in [0.15, 0.2) is 11.5 Å². The number of fused-ring (bicyclic) bond motifs is 2. The zero-order valence-electron chi connectivity index (χ0n) is 21.5. The van der Waals surface area contributed by atoms with Crippen LogP contribution in [0, 0.1) is 0 Å². The van der Waals surface area contributed by atoms with Crippen molar-refractivity contribution < 1.29 is 28.1 Å². The van der Waals surface area contributed by atoms with E-state index in [0.29, 0.717) is 22.9 Å². The average molecular weight is 550 g/mol. The lowest BCUT2D eigenvalue weighted by molar-refractivity contribution is -0.123. The Hall–Kier alpha value is -3.92. The molecule has 0 aromatic heterocycles. The minimum absolute atomic E-state index is 0.102. The second-order valence-electron chi connectivity index (χ2n) is 9.73. The standard InChI is InChI=1S/C29H31N3O6S/c33-27(30-21-9-2-1-3-10-21)16-32(24-12-6-8-20-7-4-5-11-23(20)24)29(35)18-39(36)17-28(34)31-22-13-14-25-26(15-22)38-19-37-25/h4-8,11-15,21H,1-3,9-10,16-19H2,(H,30,33)(H,31,34)/t39-/m0/s1. The smallest absolute Gasteiger partial charge is 0.240 e. The van der Waals surface area contributed by atoms with Gasteiger partial charge in [-0.15, -0.1) is 0 Å². The van der Waals surface area contributed by atoms with E-state index in [4.69, 9.17) is 9.47 Å². The highest BCUT2D eigenvalue weighted by atomic mass is 32.2. The molecular weight excluding hydrogens is 518 g/mol. The molecular formula is C29H31N3O6S. The van der Waals surface area contributed by atoms with Crippen LogP contribution in [-0.2, 0) is 25.2 Å². The number of carbonyl (C=O) groups excluding carboxylic acids is 3. The van der Waals surface area contributed by atoms with E-state index in [2.05, 4.69) is 10.6 Å². The Labute approximate surface area is 229 Å². The molecule has 3 amide bonds. The summed E-state index contributed by atoms with van der Waals surface area (Å²) in [5.74, 6) is -0.892. The molecule has 2 aliphatic rings. The van der Waals surface area contributed by atoms with Gasteiger partial charge in [0.05, 0.1) is 5.69 Å². The molecule has 204 valence electrons. The van der Waals surface area contributed by atoms with Gasteiger partial charge in [0, 0.05) is 34.0 Å². The third kappa shape index (κ3) is 6.75. The fourth-order valence-electron chi connectivity index (χ4n) is 5.00. The molecule has 1 atom stereocenters. The number of rotatable bonds is 9. The van der Waals surface area contributed by atoms with Gasteiger partial charge >= 0.3 is 0 Å². The van der Waals surface area contributed by atoms with Crippen LogP contribution in [0.2, 0.25) is 0 Å². The highest BCUT2D eigenvalue weighted by Gasteiger charge is 2.25. The summed E-state index contributed by atoms with van der Waals surface area (Å²) in [7, 11) is -1.79. The number of nitrogens with one attached hydrogen (secondary N) is 2. The van der Waals surface area contributed by atoms with Crippen molar-refractivity contribution in [1.29, 1.82) is 0 Å². The number of hydrogen-bond acceptors (Lipinski definition) is 6. The van der Waals surface area contributed by atoms with E-state index in [0.717, 1.165) is 36.5 Å². The summed E-state index contributed by atoms with van der Waals surface area (Å²) >= 11 is 0. The summed E-state index contributed by atoms with van der Waals surface area (Å²) in [4.78, 5) is 40.4. The van der Waals surface area contributed by atoms with Crippen molar-refractivity contribution in [3.8, 4) is 11.5 Å². The third-order valence-electron chi connectivity index (χ3n) is 6.86. The number of anilines is 2. The highest BCUT2D eigenvalue weighted by molar-refractivity contribution is 7.86. The first-order chi connectivity index (χ1) is 19.0. The van der Waals surface area contributed by atoms with Crippen molar-refractivity contribution in [2.45, 2.75) is 38.1 Å². The number of benzene rings is 3. The molecule has 39 heavy (non-hydrogen) atoms. The van der Waals surface area contributed by atoms with Gasteiger partial charge in [-0.3, -0.25) is 18.6 Å². The fraction of sp³-hybridized carbons (Fsp3) is 0.345. The van der Waals surface area contributed by atoms with Gasteiger partial charge in [0.25, 0.3) is 0 Å². The SMILES string of the molecule is O=C(C[S@](=O)CC(=O)N(CC(=O)NC1CCCCC1)c1cccc2ccccc12)Nc1ccc2c(c1)OCO2. The summed E-state index contributed by atoms with van der Waals surface area (Å²) in [5, 5.41) is 7.47. The first-order valence-corrected chi connectivity index (χ1v) is 14.6. The molecule has 0 spiro atoms. The summed E-state index contributed by atoms with van der Waals surface area (Å²) in [5.41, 5.74) is 1.04. The number of carbonyl (C=O) groups is 3. The molecule has 0 bridgehead atoms. The predicted molar refractivity (Wildman–Crippen MR) is 150 cm³/mol. The van der Waals surface area contributed by atoms with Gasteiger partial charge in [-0.2, -0.15) is 0 Å². The fourth-order valence-corrected chi connectivity index (χ4v) is 5.90. The molecule has 5 rings (SSSR count). The van der Waals surface area contributed by atoms with Gasteiger partial charge in [-0.05, 0) is 36.4 Å². The molecule has 2 N–H and O–H groups in total. The van der Waals surface area contributed by atoms with Crippen LogP contribution >= 0.6 is 0 Å². The van der Waals surface area contributed by atoms with Crippen LogP contribution in [0.25, 0.3) is 10.8 Å². The van der Waals surface area contributed by atoms with Gasteiger partial charge < -0.3 is 25.0 Å². The molecule has 1 aliphatic carbocycles. The third-order valence-corrected chi connectivity index (χ3v) is 8.02. The zero-order chi connectivity index (χ0) is 27.2. The molecule has 9 nitrogen and oxygen atoms in total. The second kappa shape index (κ2) is 12.3. The molecule has 10 heteroatoms. The molecule has 0 radical (unpaired) electrons. The normalized spacial score (nSPS) is 15.5. The number of amides is 3. The molecule has 0 saturated heterocycles. The predicted octanol–water partition coefficient (Wildman–Crippen LogP) is 3.74. The van der Waals surface area contributed by atoms with E-state index in [-0.39, 0.29) is 31.0 Å². The maximum Gasteiger partial charge on any atom is 0.240 e. The van der Waals surface area contributed by atoms with Crippen LogP contribution in [0.5, 0.6) is 11.5 Å². The summed E-state index contributed by atoms with van der Waals surface area (Å²) < 4.78 is 23.5. The Morgan fingerprint density at radius 3 is 2.49 bits per heavy atom. The maximum absolute atomic E-state index is 13.5. The first-order valence-electron chi connectivity index (χ1n) is 13.1. The lowest BCUT2D eigenvalue weighted by Gasteiger charge is -2.27. The summed E-state index contributed by atoms with van der Waals surface area (Å²) in [6, 6.07) is 18.2. The van der Waals surface area contributed by atoms with Crippen LogP contribution in [0.15, 0.2) is 60.7 Å². The van der Waals surface area contributed by atoms with Crippen molar-refractivity contribution in [3.05, 3.63) is 60.7 Å². The minimum Gasteiger partial charge on any atom is -0.454 e. The van der Waals surface area contributed by atoms with E-state index in [9.17, 15) is 18.6 Å². The molecule has 1 heterocycles.